The molecule has 1 aromatic heterocycles. The molecule has 26 heavy (non-hydrogen) atoms. The summed E-state index contributed by atoms with van der Waals surface area (Å²) in [6.45, 7) is 3.73. The smallest absolute Gasteiger partial charge is 0.237 e. The van der Waals surface area contributed by atoms with Crippen molar-refractivity contribution in [2.45, 2.75) is 24.3 Å². The minimum Gasteiger partial charge on any atom is -0.325 e. The van der Waals surface area contributed by atoms with Crippen molar-refractivity contribution in [3.05, 3.63) is 57.5 Å². The van der Waals surface area contributed by atoms with Gasteiger partial charge in [-0.3, -0.25) is 9.89 Å². The number of hydrogen-bond donors (Lipinski definition) is 2. The number of benzene rings is 2. The predicted octanol–water partition coefficient (Wildman–Crippen LogP) is 5.32. The molecule has 3 aromatic rings. The number of H-pyrrole nitrogens is 1. The normalized spacial score (nSPS) is 12.0. The fourth-order valence-electron chi connectivity index (χ4n) is 2.25. The van der Waals surface area contributed by atoms with Crippen LogP contribution in [0.2, 0.25) is 5.02 Å². The molecule has 3 rings (SSSR count). The molecule has 0 fully saturated rings. The minimum atomic E-state index is -0.365. The van der Waals surface area contributed by atoms with E-state index < -0.39 is 0 Å². The topological polar surface area (TPSA) is 70.7 Å². The molecule has 134 valence electrons. The average molecular weight is 452 g/mol. The van der Waals surface area contributed by atoms with Crippen LogP contribution in [-0.4, -0.2) is 26.3 Å². The molecule has 0 aliphatic carbocycles. The average Bonchev–Trinajstić information content (AvgIpc) is 3.06. The van der Waals surface area contributed by atoms with Crippen LogP contribution in [-0.2, 0) is 4.79 Å². The Kier molecular flexibility index (Phi) is 6.01. The van der Waals surface area contributed by atoms with Crippen molar-refractivity contribution in [3.63, 3.8) is 0 Å². The van der Waals surface area contributed by atoms with Gasteiger partial charge in [-0.15, -0.1) is 5.10 Å². The van der Waals surface area contributed by atoms with E-state index in [-0.39, 0.29) is 11.2 Å². The zero-order valence-corrected chi connectivity index (χ0v) is 17.2. The van der Waals surface area contributed by atoms with Crippen LogP contribution in [0.25, 0.3) is 11.4 Å². The van der Waals surface area contributed by atoms with E-state index in [2.05, 4.69) is 36.4 Å². The van der Waals surface area contributed by atoms with Crippen molar-refractivity contribution in [2.75, 3.05) is 5.32 Å². The number of aromatic nitrogens is 3. The molecule has 1 amide bonds. The van der Waals surface area contributed by atoms with Gasteiger partial charge in [-0.1, -0.05) is 63.6 Å². The Bertz CT molecular complexity index is 946. The molecular weight excluding hydrogens is 436 g/mol. The van der Waals surface area contributed by atoms with Gasteiger partial charge in [-0.2, -0.15) is 0 Å². The van der Waals surface area contributed by atoms with Gasteiger partial charge >= 0.3 is 0 Å². The minimum absolute atomic E-state index is 0.132. The first-order chi connectivity index (χ1) is 12.4. The largest absolute Gasteiger partial charge is 0.325 e. The lowest BCUT2D eigenvalue weighted by Crippen LogP contribution is -2.23. The van der Waals surface area contributed by atoms with Crippen LogP contribution in [0.4, 0.5) is 5.69 Å². The maximum Gasteiger partial charge on any atom is 0.237 e. The van der Waals surface area contributed by atoms with Crippen LogP contribution in [0.5, 0.6) is 0 Å². The molecule has 0 aliphatic rings. The summed E-state index contributed by atoms with van der Waals surface area (Å²) in [5.74, 6) is 0.519. The summed E-state index contributed by atoms with van der Waals surface area (Å²) in [5.41, 5.74) is 2.58. The number of halogens is 2. The number of anilines is 1. The number of hydrogen-bond acceptors (Lipinski definition) is 4. The van der Waals surface area contributed by atoms with Crippen LogP contribution < -0.4 is 5.32 Å². The number of rotatable bonds is 5. The third-order valence-corrected chi connectivity index (χ3v) is 5.59. The molecule has 2 aromatic carbocycles. The number of aryl methyl sites for hydroxylation is 1. The van der Waals surface area contributed by atoms with Gasteiger partial charge in [-0.25, -0.2) is 4.98 Å². The first kappa shape index (κ1) is 18.9. The lowest BCUT2D eigenvalue weighted by atomic mass is 10.2. The maximum atomic E-state index is 12.5. The van der Waals surface area contributed by atoms with Gasteiger partial charge in [0, 0.05) is 20.7 Å². The Hall–Kier alpha value is -1.83. The Morgan fingerprint density at radius 1 is 1.31 bits per heavy atom. The molecule has 0 spiro atoms. The van der Waals surface area contributed by atoms with Crippen molar-refractivity contribution in [3.8, 4) is 11.4 Å². The van der Waals surface area contributed by atoms with E-state index in [1.807, 2.05) is 44.2 Å². The highest BCUT2D eigenvalue weighted by Gasteiger charge is 2.18. The molecule has 1 unspecified atom stereocenters. The van der Waals surface area contributed by atoms with Crippen molar-refractivity contribution in [1.29, 1.82) is 0 Å². The number of amides is 1. The second-order valence-corrected chi connectivity index (χ2v) is 8.25. The monoisotopic (exact) mass is 450 g/mol. The van der Waals surface area contributed by atoms with Gasteiger partial charge in [-0.05, 0) is 37.6 Å². The molecule has 0 saturated heterocycles. The first-order valence-electron chi connectivity index (χ1n) is 7.85. The Balaban J connectivity index is 1.68. The summed E-state index contributed by atoms with van der Waals surface area (Å²) >= 11 is 10.8. The zero-order chi connectivity index (χ0) is 18.7. The SMILES string of the molecule is Cc1ccc(Cl)cc1NC(=O)C(C)Sc1n[nH]c(-c2ccccc2Br)n1. The quantitative estimate of drug-likeness (QED) is 0.515. The van der Waals surface area contributed by atoms with Crippen LogP contribution in [0.3, 0.4) is 0 Å². The van der Waals surface area contributed by atoms with Gasteiger partial charge < -0.3 is 5.32 Å². The maximum absolute atomic E-state index is 12.5. The highest BCUT2D eigenvalue weighted by atomic mass is 79.9. The third-order valence-electron chi connectivity index (χ3n) is 3.70. The molecule has 0 radical (unpaired) electrons. The molecule has 2 N–H and O–H groups in total. The molecular formula is C18H16BrClN4OS. The molecule has 0 bridgehead atoms. The Morgan fingerprint density at radius 2 is 2.08 bits per heavy atom. The number of nitrogens with zero attached hydrogens (tertiary/aromatic N) is 2. The number of nitrogens with one attached hydrogen (secondary N) is 2. The lowest BCUT2D eigenvalue weighted by molar-refractivity contribution is -0.115. The second-order valence-electron chi connectivity index (χ2n) is 5.66. The van der Waals surface area contributed by atoms with Crippen molar-refractivity contribution < 1.29 is 4.79 Å². The zero-order valence-electron chi connectivity index (χ0n) is 14.1. The summed E-state index contributed by atoms with van der Waals surface area (Å²) in [5, 5.41) is 10.7. The Morgan fingerprint density at radius 3 is 2.85 bits per heavy atom. The van der Waals surface area contributed by atoms with Gasteiger partial charge in [0.25, 0.3) is 0 Å². The molecule has 0 aliphatic heterocycles. The van der Waals surface area contributed by atoms with E-state index in [0.717, 1.165) is 15.6 Å². The van der Waals surface area contributed by atoms with Crippen LogP contribution in [0.15, 0.2) is 52.1 Å². The molecule has 1 atom stereocenters. The van der Waals surface area contributed by atoms with E-state index in [1.54, 1.807) is 12.1 Å². The summed E-state index contributed by atoms with van der Waals surface area (Å²) in [6, 6.07) is 13.1. The predicted molar refractivity (Wildman–Crippen MR) is 110 cm³/mol. The van der Waals surface area contributed by atoms with E-state index >= 15 is 0 Å². The highest BCUT2D eigenvalue weighted by Crippen LogP contribution is 2.28. The summed E-state index contributed by atoms with van der Waals surface area (Å²) in [7, 11) is 0. The van der Waals surface area contributed by atoms with Crippen LogP contribution >= 0.6 is 39.3 Å². The van der Waals surface area contributed by atoms with Crippen molar-refractivity contribution in [2.24, 2.45) is 0 Å². The fourth-order valence-corrected chi connectivity index (χ4v) is 3.62. The molecule has 8 heteroatoms. The second kappa shape index (κ2) is 8.24. The van der Waals surface area contributed by atoms with E-state index in [9.17, 15) is 4.79 Å². The van der Waals surface area contributed by atoms with Crippen LogP contribution in [0, 0.1) is 6.92 Å². The summed E-state index contributed by atoms with van der Waals surface area (Å²) in [4.78, 5) is 16.9. The lowest BCUT2D eigenvalue weighted by Gasteiger charge is -2.12. The number of carbonyl (C=O) groups excluding carboxylic acids is 1. The van der Waals surface area contributed by atoms with Crippen molar-refractivity contribution in [1.82, 2.24) is 15.2 Å². The Labute approximate surface area is 169 Å². The number of thioether (sulfide) groups is 1. The van der Waals surface area contributed by atoms with Crippen molar-refractivity contribution >= 4 is 50.9 Å². The number of carbonyl (C=O) groups is 1. The highest BCUT2D eigenvalue weighted by molar-refractivity contribution is 9.10. The summed E-state index contributed by atoms with van der Waals surface area (Å²) in [6.07, 6.45) is 0. The molecule has 5 nitrogen and oxygen atoms in total. The summed E-state index contributed by atoms with van der Waals surface area (Å²) < 4.78 is 0.926. The fraction of sp³-hybridized carbons (Fsp3) is 0.167. The standard InChI is InChI=1S/C18H16BrClN4OS/c1-10-7-8-12(20)9-15(10)21-17(25)11(2)26-18-22-16(23-24-18)13-5-3-4-6-14(13)19/h3-9,11H,1-2H3,(H,21,25)(H,22,23,24). The van der Waals surface area contributed by atoms with E-state index in [4.69, 9.17) is 11.6 Å². The van der Waals surface area contributed by atoms with E-state index in [0.29, 0.717) is 21.7 Å². The van der Waals surface area contributed by atoms with E-state index in [1.165, 1.54) is 11.8 Å². The van der Waals surface area contributed by atoms with Gasteiger partial charge in [0.2, 0.25) is 11.1 Å². The first-order valence-corrected chi connectivity index (χ1v) is 9.90. The van der Waals surface area contributed by atoms with Crippen LogP contribution in [0.1, 0.15) is 12.5 Å². The van der Waals surface area contributed by atoms with Gasteiger partial charge in [0.1, 0.15) is 0 Å². The molecule has 0 saturated carbocycles. The third kappa shape index (κ3) is 4.47. The number of aromatic amines is 1. The molecule has 1 heterocycles. The van der Waals surface area contributed by atoms with Gasteiger partial charge in [0.05, 0.1) is 5.25 Å². The van der Waals surface area contributed by atoms with Gasteiger partial charge in [0.15, 0.2) is 5.82 Å².